The summed E-state index contributed by atoms with van der Waals surface area (Å²) in [4.78, 5) is 20.2. The fraction of sp³-hybridized carbons (Fsp3) is 0.348. The number of carbonyl (C=O) groups excluding carboxylic acids is 1. The van der Waals surface area contributed by atoms with E-state index >= 15 is 0 Å². The topological polar surface area (TPSA) is 76.1 Å². The molecule has 0 unspecified atom stereocenters. The Morgan fingerprint density at radius 3 is 2.79 bits per heavy atom. The van der Waals surface area contributed by atoms with Gasteiger partial charge in [0.1, 0.15) is 5.56 Å². The summed E-state index contributed by atoms with van der Waals surface area (Å²) in [5.74, 6) is -0.0913. The summed E-state index contributed by atoms with van der Waals surface area (Å²) >= 11 is 1.00. The zero-order valence-electron chi connectivity index (χ0n) is 17.8. The first-order valence-corrected chi connectivity index (χ1v) is 11.5. The molecule has 0 radical (unpaired) electrons. The van der Waals surface area contributed by atoms with E-state index in [-0.39, 0.29) is 22.1 Å². The van der Waals surface area contributed by atoms with Crippen molar-refractivity contribution in [3.63, 3.8) is 0 Å². The molecule has 0 bridgehead atoms. The summed E-state index contributed by atoms with van der Waals surface area (Å²) in [5.41, 5.74) is 3.42. The summed E-state index contributed by atoms with van der Waals surface area (Å²) in [5, 5.41) is 8.01. The number of hydrogen-bond donors (Lipinski definition) is 2. The minimum absolute atomic E-state index is 0.0850. The molecule has 5 rings (SSSR count). The van der Waals surface area contributed by atoms with Crippen molar-refractivity contribution in [2.75, 3.05) is 19.0 Å². The first-order chi connectivity index (χ1) is 15.8. The van der Waals surface area contributed by atoms with Crippen molar-refractivity contribution in [2.24, 2.45) is 0 Å². The second kappa shape index (κ2) is 8.42. The molecule has 1 aliphatic heterocycles. The maximum Gasteiger partial charge on any atom is 0.420 e. The number of ether oxygens (including phenoxy) is 1. The van der Waals surface area contributed by atoms with Gasteiger partial charge in [-0.15, -0.1) is 11.3 Å². The van der Waals surface area contributed by atoms with Crippen LogP contribution in [0.2, 0.25) is 0 Å². The molecule has 3 heterocycles. The molecule has 1 saturated carbocycles. The van der Waals surface area contributed by atoms with Gasteiger partial charge >= 0.3 is 12.1 Å². The molecule has 0 atom stereocenters. The summed E-state index contributed by atoms with van der Waals surface area (Å²) in [6.45, 7) is 1.70. The predicted octanol–water partition coefficient (Wildman–Crippen LogP) is 5.28. The highest BCUT2D eigenvalue weighted by atomic mass is 32.1. The van der Waals surface area contributed by atoms with Crippen LogP contribution in [0.3, 0.4) is 0 Å². The first-order valence-electron chi connectivity index (χ1n) is 10.6. The van der Waals surface area contributed by atoms with Gasteiger partial charge in [-0.25, -0.2) is 14.8 Å². The van der Waals surface area contributed by atoms with Crippen molar-refractivity contribution >= 4 is 28.9 Å². The Morgan fingerprint density at radius 1 is 1.24 bits per heavy atom. The SMILES string of the molecule is COC(=O)c1csc(-c2nc(Nc3cc4c(cc3C3CC3)CNCC4)ncc2C(F)(F)F)c1. The number of alkyl halides is 3. The summed E-state index contributed by atoms with van der Waals surface area (Å²) in [6, 6.07) is 5.62. The predicted molar refractivity (Wildman–Crippen MR) is 119 cm³/mol. The fourth-order valence-electron chi connectivity index (χ4n) is 4.04. The molecule has 0 amide bonds. The highest BCUT2D eigenvalue weighted by Crippen LogP contribution is 2.45. The zero-order valence-corrected chi connectivity index (χ0v) is 18.6. The van der Waals surface area contributed by atoms with E-state index in [2.05, 4.69) is 37.5 Å². The third kappa shape index (κ3) is 4.45. The number of carbonyl (C=O) groups is 1. The Kier molecular flexibility index (Phi) is 5.57. The van der Waals surface area contributed by atoms with Gasteiger partial charge in [-0.1, -0.05) is 6.07 Å². The number of fused-ring (bicyclic) bond motifs is 1. The van der Waals surface area contributed by atoms with Crippen molar-refractivity contribution < 1.29 is 22.7 Å². The van der Waals surface area contributed by atoms with Crippen molar-refractivity contribution in [1.29, 1.82) is 0 Å². The van der Waals surface area contributed by atoms with E-state index in [9.17, 15) is 18.0 Å². The number of halogens is 3. The molecule has 2 aliphatic rings. The van der Waals surface area contributed by atoms with Crippen LogP contribution in [0.5, 0.6) is 0 Å². The molecule has 1 aliphatic carbocycles. The number of thiophene rings is 1. The van der Waals surface area contributed by atoms with E-state index in [0.29, 0.717) is 5.92 Å². The van der Waals surface area contributed by atoms with E-state index in [1.165, 1.54) is 29.7 Å². The lowest BCUT2D eigenvalue weighted by Gasteiger charge is -2.21. The Morgan fingerprint density at radius 2 is 2.06 bits per heavy atom. The van der Waals surface area contributed by atoms with Crippen LogP contribution in [0.4, 0.5) is 24.8 Å². The Bertz CT molecular complexity index is 1220. The van der Waals surface area contributed by atoms with Crippen LogP contribution in [-0.2, 0) is 23.9 Å². The highest BCUT2D eigenvalue weighted by molar-refractivity contribution is 7.13. The average Bonchev–Trinajstić information content (AvgIpc) is 3.53. The largest absolute Gasteiger partial charge is 0.465 e. The molecule has 6 nitrogen and oxygen atoms in total. The molecule has 33 heavy (non-hydrogen) atoms. The number of rotatable bonds is 5. The summed E-state index contributed by atoms with van der Waals surface area (Å²) in [7, 11) is 1.22. The third-order valence-corrected chi connectivity index (χ3v) is 6.81. The van der Waals surface area contributed by atoms with Gasteiger partial charge in [0, 0.05) is 23.8 Å². The maximum atomic E-state index is 13.7. The van der Waals surface area contributed by atoms with E-state index in [1.807, 2.05) is 0 Å². The van der Waals surface area contributed by atoms with E-state index in [1.54, 1.807) is 0 Å². The van der Waals surface area contributed by atoms with Crippen molar-refractivity contribution in [3.8, 4) is 10.6 Å². The van der Waals surface area contributed by atoms with Crippen LogP contribution in [0.25, 0.3) is 10.6 Å². The van der Waals surface area contributed by atoms with Crippen molar-refractivity contribution in [2.45, 2.75) is 37.9 Å². The molecule has 1 aromatic carbocycles. The Balaban J connectivity index is 1.54. The lowest BCUT2D eigenvalue weighted by atomic mass is 9.95. The van der Waals surface area contributed by atoms with Crippen molar-refractivity contribution in [3.05, 3.63) is 57.6 Å². The molecule has 0 saturated heterocycles. The number of methoxy groups -OCH3 is 1. The number of esters is 1. The smallest absolute Gasteiger partial charge is 0.420 e. The fourth-order valence-corrected chi connectivity index (χ4v) is 4.92. The molecule has 172 valence electrons. The zero-order chi connectivity index (χ0) is 23.2. The second-order valence-corrected chi connectivity index (χ2v) is 9.09. The summed E-state index contributed by atoms with van der Waals surface area (Å²) < 4.78 is 45.8. The van der Waals surface area contributed by atoms with Crippen molar-refractivity contribution in [1.82, 2.24) is 15.3 Å². The summed E-state index contributed by atoms with van der Waals surface area (Å²) in [6.07, 6.45) is -0.779. The van der Waals surface area contributed by atoms with Crippen LogP contribution >= 0.6 is 11.3 Å². The van der Waals surface area contributed by atoms with Gasteiger partial charge in [0.2, 0.25) is 5.95 Å². The molecular weight excluding hydrogens is 453 g/mol. The van der Waals surface area contributed by atoms with Gasteiger partial charge < -0.3 is 15.4 Å². The molecule has 3 aromatic rings. The van der Waals surface area contributed by atoms with Crippen LogP contribution < -0.4 is 10.6 Å². The van der Waals surface area contributed by atoms with Crippen LogP contribution in [-0.4, -0.2) is 29.6 Å². The molecule has 2 aromatic heterocycles. The number of hydrogen-bond acceptors (Lipinski definition) is 7. The monoisotopic (exact) mass is 474 g/mol. The highest BCUT2D eigenvalue weighted by Gasteiger charge is 2.36. The lowest BCUT2D eigenvalue weighted by molar-refractivity contribution is -0.137. The molecule has 1 fully saturated rings. The quantitative estimate of drug-likeness (QED) is 0.490. The van der Waals surface area contributed by atoms with Crippen LogP contribution in [0, 0.1) is 0 Å². The number of anilines is 2. The van der Waals surface area contributed by atoms with Crippen LogP contribution in [0.1, 0.15) is 51.4 Å². The molecular formula is C23H21F3N4O2S. The normalized spacial score (nSPS) is 15.8. The first kappa shape index (κ1) is 21.8. The molecule has 10 heteroatoms. The van der Waals surface area contributed by atoms with Gasteiger partial charge in [-0.3, -0.25) is 0 Å². The van der Waals surface area contributed by atoms with E-state index in [0.717, 1.165) is 61.1 Å². The second-order valence-electron chi connectivity index (χ2n) is 8.18. The van der Waals surface area contributed by atoms with E-state index < -0.39 is 17.7 Å². The molecule has 2 N–H and O–H groups in total. The third-order valence-electron chi connectivity index (χ3n) is 5.87. The average molecular weight is 475 g/mol. The Hall–Kier alpha value is -2.98. The standard InChI is InChI=1S/C23H21F3N4O2S/c1-32-21(31)15-8-19(33-11-15)20-17(23(24,25)26)10-28-22(30-20)29-18-7-13-4-5-27-9-14(13)6-16(18)12-2-3-12/h6-8,10-12,27H,2-5,9H2,1H3,(H,28,29,30). The van der Waals surface area contributed by atoms with Gasteiger partial charge in [0.15, 0.2) is 0 Å². The molecule has 0 spiro atoms. The maximum absolute atomic E-state index is 13.7. The van der Waals surface area contributed by atoms with Crippen LogP contribution in [0.15, 0.2) is 29.8 Å². The van der Waals surface area contributed by atoms with Gasteiger partial charge in [0.25, 0.3) is 0 Å². The minimum atomic E-state index is -4.64. The number of benzene rings is 1. The van der Waals surface area contributed by atoms with Gasteiger partial charge in [0.05, 0.1) is 23.2 Å². The van der Waals surface area contributed by atoms with Gasteiger partial charge in [-0.05, 0) is 60.5 Å². The number of nitrogens with zero attached hydrogens (tertiary/aromatic N) is 2. The Labute approximate surface area is 192 Å². The minimum Gasteiger partial charge on any atom is -0.465 e. The van der Waals surface area contributed by atoms with Gasteiger partial charge in [-0.2, -0.15) is 13.2 Å². The van der Waals surface area contributed by atoms with E-state index in [4.69, 9.17) is 0 Å². The number of nitrogens with one attached hydrogen (secondary N) is 2. The lowest BCUT2D eigenvalue weighted by Crippen LogP contribution is -2.24. The number of aromatic nitrogens is 2.